The molecule has 2 nitrogen and oxygen atoms in total. The van der Waals surface area contributed by atoms with Crippen LogP contribution < -0.4 is 5.32 Å². The quantitative estimate of drug-likeness (QED) is 0.776. The minimum absolute atomic E-state index is 0.640. The molecule has 0 radical (unpaired) electrons. The molecule has 0 bridgehead atoms. The zero-order valence-corrected chi connectivity index (χ0v) is 10.7. The van der Waals surface area contributed by atoms with Crippen LogP contribution in [0.4, 0.5) is 0 Å². The predicted molar refractivity (Wildman–Crippen MR) is 67.6 cm³/mol. The highest BCUT2D eigenvalue weighted by Crippen LogP contribution is 2.30. The van der Waals surface area contributed by atoms with E-state index in [0.717, 1.165) is 25.2 Å². The molecule has 1 heterocycles. The van der Waals surface area contributed by atoms with E-state index >= 15 is 0 Å². The Balaban J connectivity index is 1.73. The van der Waals surface area contributed by atoms with Crippen LogP contribution in [0.3, 0.4) is 0 Å². The molecule has 94 valence electrons. The summed E-state index contributed by atoms with van der Waals surface area (Å²) in [7, 11) is 0. The maximum Gasteiger partial charge on any atom is 0.0619 e. The smallest absolute Gasteiger partial charge is 0.0619 e. The molecule has 16 heavy (non-hydrogen) atoms. The molecule has 3 atom stereocenters. The number of nitrogens with one attached hydrogen (secondary N) is 1. The molecule has 0 aromatic carbocycles. The second-order valence-corrected chi connectivity index (χ2v) is 5.52. The first kappa shape index (κ1) is 12.4. The number of rotatable bonds is 5. The molecule has 2 rings (SSSR count). The van der Waals surface area contributed by atoms with E-state index in [2.05, 4.69) is 12.2 Å². The largest absolute Gasteiger partial charge is 0.380 e. The van der Waals surface area contributed by atoms with Crippen molar-refractivity contribution in [2.24, 2.45) is 5.92 Å². The van der Waals surface area contributed by atoms with E-state index in [0.29, 0.717) is 6.04 Å². The normalized spacial score (nSPS) is 35.4. The number of ether oxygens (including phenoxy) is 1. The highest BCUT2D eigenvalue weighted by Gasteiger charge is 2.28. The fourth-order valence-corrected chi connectivity index (χ4v) is 3.24. The SMILES string of the molecule is CCCCC1CCCC1NC1CCCOC1. The van der Waals surface area contributed by atoms with Gasteiger partial charge in [0.05, 0.1) is 6.61 Å². The van der Waals surface area contributed by atoms with Crippen molar-refractivity contribution in [3.8, 4) is 0 Å². The molecule has 1 aliphatic heterocycles. The summed E-state index contributed by atoms with van der Waals surface area (Å²) in [5.74, 6) is 0.946. The van der Waals surface area contributed by atoms with Crippen LogP contribution in [-0.4, -0.2) is 25.3 Å². The first-order valence-corrected chi connectivity index (χ1v) is 7.24. The summed E-state index contributed by atoms with van der Waals surface area (Å²) >= 11 is 0. The van der Waals surface area contributed by atoms with Gasteiger partial charge in [-0.15, -0.1) is 0 Å². The molecular formula is C14H27NO. The summed E-state index contributed by atoms with van der Waals surface area (Å²) in [6, 6.07) is 1.43. The van der Waals surface area contributed by atoms with Gasteiger partial charge in [0, 0.05) is 18.7 Å². The van der Waals surface area contributed by atoms with Crippen LogP contribution in [0.2, 0.25) is 0 Å². The van der Waals surface area contributed by atoms with Crippen LogP contribution in [0.5, 0.6) is 0 Å². The summed E-state index contributed by atoms with van der Waals surface area (Å²) < 4.78 is 5.55. The lowest BCUT2D eigenvalue weighted by Crippen LogP contribution is -2.44. The summed E-state index contributed by atoms with van der Waals surface area (Å²) in [6.45, 7) is 4.21. The molecule has 1 saturated heterocycles. The molecule has 0 amide bonds. The van der Waals surface area contributed by atoms with Crippen LogP contribution in [0.25, 0.3) is 0 Å². The van der Waals surface area contributed by atoms with Crippen molar-refractivity contribution in [3.05, 3.63) is 0 Å². The first-order valence-electron chi connectivity index (χ1n) is 7.24. The predicted octanol–water partition coefficient (Wildman–Crippen LogP) is 3.11. The van der Waals surface area contributed by atoms with Gasteiger partial charge < -0.3 is 10.1 Å². The summed E-state index contributed by atoms with van der Waals surface area (Å²) in [6.07, 6.45) is 11.0. The van der Waals surface area contributed by atoms with E-state index in [9.17, 15) is 0 Å². The van der Waals surface area contributed by atoms with Gasteiger partial charge >= 0.3 is 0 Å². The lowest BCUT2D eigenvalue weighted by atomic mass is 9.95. The molecule has 3 unspecified atom stereocenters. The van der Waals surface area contributed by atoms with Gasteiger partial charge in [0.15, 0.2) is 0 Å². The Morgan fingerprint density at radius 3 is 2.88 bits per heavy atom. The van der Waals surface area contributed by atoms with Crippen molar-refractivity contribution >= 4 is 0 Å². The van der Waals surface area contributed by atoms with Crippen LogP contribution in [0.15, 0.2) is 0 Å². The van der Waals surface area contributed by atoms with Gasteiger partial charge in [-0.3, -0.25) is 0 Å². The van der Waals surface area contributed by atoms with Crippen LogP contribution >= 0.6 is 0 Å². The Hall–Kier alpha value is -0.0800. The first-order chi connectivity index (χ1) is 7.90. The van der Waals surface area contributed by atoms with E-state index in [-0.39, 0.29) is 0 Å². The zero-order chi connectivity index (χ0) is 11.2. The fourth-order valence-electron chi connectivity index (χ4n) is 3.24. The van der Waals surface area contributed by atoms with Gasteiger partial charge in [0.2, 0.25) is 0 Å². The Bertz CT molecular complexity index is 189. The molecule has 2 aliphatic rings. The summed E-state index contributed by atoms with van der Waals surface area (Å²) in [5.41, 5.74) is 0. The lowest BCUT2D eigenvalue weighted by Gasteiger charge is -2.29. The number of hydrogen-bond donors (Lipinski definition) is 1. The Kier molecular flexibility index (Phi) is 5.11. The van der Waals surface area contributed by atoms with Crippen molar-refractivity contribution in [1.82, 2.24) is 5.32 Å². The highest BCUT2D eigenvalue weighted by atomic mass is 16.5. The van der Waals surface area contributed by atoms with Crippen molar-refractivity contribution < 1.29 is 4.74 Å². The van der Waals surface area contributed by atoms with Gasteiger partial charge in [0.1, 0.15) is 0 Å². The van der Waals surface area contributed by atoms with E-state index in [1.165, 1.54) is 51.4 Å². The van der Waals surface area contributed by atoms with Gasteiger partial charge in [-0.1, -0.05) is 26.2 Å². The third-order valence-corrected chi connectivity index (χ3v) is 4.20. The highest BCUT2D eigenvalue weighted by molar-refractivity contribution is 4.86. The minimum atomic E-state index is 0.640. The second-order valence-electron chi connectivity index (χ2n) is 5.52. The molecule has 0 spiro atoms. The number of hydrogen-bond acceptors (Lipinski definition) is 2. The van der Waals surface area contributed by atoms with Gasteiger partial charge in [0.25, 0.3) is 0 Å². The Labute approximate surface area is 100 Å². The molecule has 2 heteroatoms. The van der Waals surface area contributed by atoms with E-state index < -0.39 is 0 Å². The van der Waals surface area contributed by atoms with Crippen molar-refractivity contribution in [2.45, 2.75) is 70.4 Å². The van der Waals surface area contributed by atoms with Crippen LogP contribution in [0, 0.1) is 5.92 Å². The second kappa shape index (κ2) is 6.61. The third-order valence-electron chi connectivity index (χ3n) is 4.20. The standard InChI is InChI=1S/C14H27NO/c1-2-3-6-12-7-4-9-14(12)15-13-8-5-10-16-11-13/h12-15H,2-11H2,1H3. The molecule has 1 N–H and O–H groups in total. The number of unbranched alkanes of at least 4 members (excludes halogenated alkanes) is 1. The lowest BCUT2D eigenvalue weighted by molar-refractivity contribution is 0.0640. The molecule has 0 aromatic heterocycles. The molecule has 0 aromatic rings. The topological polar surface area (TPSA) is 21.3 Å². The van der Waals surface area contributed by atoms with Crippen LogP contribution in [-0.2, 0) is 4.74 Å². The molecular weight excluding hydrogens is 198 g/mol. The van der Waals surface area contributed by atoms with E-state index in [1.54, 1.807) is 0 Å². The maximum absolute atomic E-state index is 5.55. The Morgan fingerprint density at radius 1 is 1.19 bits per heavy atom. The molecule has 1 saturated carbocycles. The summed E-state index contributed by atoms with van der Waals surface area (Å²) in [4.78, 5) is 0. The Morgan fingerprint density at radius 2 is 2.12 bits per heavy atom. The third kappa shape index (κ3) is 3.46. The van der Waals surface area contributed by atoms with Gasteiger partial charge in [-0.05, 0) is 38.0 Å². The van der Waals surface area contributed by atoms with Crippen molar-refractivity contribution in [3.63, 3.8) is 0 Å². The molecule has 2 fully saturated rings. The zero-order valence-electron chi connectivity index (χ0n) is 10.7. The molecule has 1 aliphatic carbocycles. The summed E-state index contributed by atoms with van der Waals surface area (Å²) in [5, 5.41) is 3.85. The van der Waals surface area contributed by atoms with Crippen molar-refractivity contribution in [2.75, 3.05) is 13.2 Å². The van der Waals surface area contributed by atoms with Crippen LogP contribution in [0.1, 0.15) is 58.3 Å². The van der Waals surface area contributed by atoms with Crippen molar-refractivity contribution in [1.29, 1.82) is 0 Å². The monoisotopic (exact) mass is 225 g/mol. The average Bonchev–Trinajstić information content (AvgIpc) is 2.75. The fraction of sp³-hybridized carbons (Fsp3) is 1.00. The average molecular weight is 225 g/mol. The van der Waals surface area contributed by atoms with E-state index in [1.807, 2.05) is 0 Å². The van der Waals surface area contributed by atoms with Gasteiger partial charge in [-0.25, -0.2) is 0 Å². The van der Waals surface area contributed by atoms with Gasteiger partial charge in [-0.2, -0.15) is 0 Å². The minimum Gasteiger partial charge on any atom is -0.380 e. The van der Waals surface area contributed by atoms with E-state index in [4.69, 9.17) is 4.74 Å². The maximum atomic E-state index is 5.55.